The molecule has 3 heteroatoms. The molecular formula is C18H19NO2. The quantitative estimate of drug-likeness (QED) is 0.827. The fourth-order valence-corrected chi connectivity index (χ4v) is 2.27. The summed E-state index contributed by atoms with van der Waals surface area (Å²) in [5.41, 5.74) is 1.77. The summed E-state index contributed by atoms with van der Waals surface area (Å²) in [4.78, 5) is 23.5. The Morgan fingerprint density at radius 3 is 2.10 bits per heavy atom. The average Bonchev–Trinajstić information content (AvgIpc) is 2.52. The highest BCUT2D eigenvalue weighted by Gasteiger charge is 2.17. The maximum atomic E-state index is 12.4. The van der Waals surface area contributed by atoms with Crippen LogP contribution in [0.1, 0.15) is 35.2 Å². The highest BCUT2D eigenvalue weighted by Crippen LogP contribution is 2.21. The number of ketones is 1. The SMILES string of the molecule is CC(=O)NCC(CC(=O)c1ccccc1)c1ccccc1. The molecule has 2 aromatic carbocycles. The summed E-state index contributed by atoms with van der Waals surface area (Å²) in [6.07, 6.45) is 0.383. The Balaban J connectivity index is 2.12. The third kappa shape index (κ3) is 4.56. The van der Waals surface area contributed by atoms with Crippen molar-refractivity contribution in [3.05, 3.63) is 71.8 Å². The topological polar surface area (TPSA) is 46.2 Å². The lowest BCUT2D eigenvalue weighted by Crippen LogP contribution is -2.27. The van der Waals surface area contributed by atoms with Crippen molar-refractivity contribution in [2.45, 2.75) is 19.3 Å². The van der Waals surface area contributed by atoms with Crippen LogP contribution < -0.4 is 5.32 Å². The third-order valence-corrected chi connectivity index (χ3v) is 3.40. The van der Waals surface area contributed by atoms with E-state index in [0.29, 0.717) is 18.5 Å². The Morgan fingerprint density at radius 1 is 0.952 bits per heavy atom. The van der Waals surface area contributed by atoms with Gasteiger partial charge in [0.25, 0.3) is 0 Å². The van der Waals surface area contributed by atoms with Crippen LogP contribution in [0.25, 0.3) is 0 Å². The van der Waals surface area contributed by atoms with Crippen LogP contribution in [0.5, 0.6) is 0 Å². The Morgan fingerprint density at radius 2 is 1.52 bits per heavy atom. The van der Waals surface area contributed by atoms with Crippen molar-refractivity contribution < 1.29 is 9.59 Å². The van der Waals surface area contributed by atoms with Crippen molar-refractivity contribution >= 4 is 11.7 Å². The summed E-state index contributed by atoms with van der Waals surface area (Å²) in [5, 5.41) is 2.81. The minimum Gasteiger partial charge on any atom is -0.356 e. The molecule has 0 saturated heterocycles. The summed E-state index contributed by atoms with van der Waals surface area (Å²) >= 11 is 0. The van der Waals surface area contributed by atoms with E-state index in [4.69, 9.17) is 0 Å². The normalized spacial score (nSPS) is 11.7. The number of hydrogen-bond donors (Lipinski definition) is 1. The van der Waals surface area contributed by atoms with Crippen molar-refractivity contribution in [1.29, 1.82) is 0 Å². The predicted octanol–water partition coefficient (Wildman–Crippen LogP) is 3.18. The van der Waals surface area contributed by atoms with Crippen LogP contribution in [-0.2, 0) is 4.79 Å². The molecular weight excluding hydrogens is 262 g/mol. The molecule has 0 spiro atoms. The lowest BCUT2D eigenvalue weighted by molar-refractivity contribution is -0.119. The van der Waals surface area contributed by atoms with Gasteiger partial charge in [-0.3, -0.25) is 9.59 Å². The van der Waals surface area contributed by atoms with Gasteiger partial charge in [0.15, 0.2) is 5.78 Å². The van der Waals surface area contributed by atoms with Crippen LogP contribution in [0.3, 0.4) is 0 Å². The van der Waals surface area contributed by atoms with Crippen LogP contribution in [0.15, 0.2) is 60.7 Å². The smallest absolute Gasteiger partial charge is 0.216 e. The largest absolute Gasteiger partial charge is 0.356 e. The molecule has 1 atom stereocenters. The first-order chi connectivity index (χ1) is 10.2. The third-order valence-electron chi connectivity index (χ3n) is 3.40. The van der Waals surface area contributed by atoms with E-state index in [1.165, 1.54) is 6.92 Å². The molecule has 3 nitrogen and oxygen atoms in total. The number of rotatable bonds is 6. The van der Waals surface area contributed by atoms with Crippen LogP contribution in [-0.4, -0.2) is 18.2 Å². The number of hydrogen-bond acceptors (Lipinski definition) is 2. The van der Waals surface area contributed by atoms with Gasteiger partial charge in [-0.05, 0) is 5.56 Å². The monoisotopic (exact) mass is 281 g/mol. The zero-order valence-corrected chi connectivity index (χ0v) is 12.1. The lowest BCUT2D eigenvalue weighted by atomic mass is 9.91. The first-order valence-electron chi connectivity index (χ1n) is 7.04. The molecule has 0 radical (unpaired) electrons. The minimum absolute atomic E-state index is 0.0113. The van der Waals surface area contributed by atoms with E-state index in [1.54, 1.807) is 0 Å². The fourth-order valence-electron chi connectivity index (χ4n) is 2.27. The van der Waals surface area contributed by atoms with E-state index in [9.17, 15) is 9.59 Å². The molecule has 0 heterocycles. The number of carbonyl (C=O) groups excluding carboxylic acids is 2. The van der Waals surface area contributed by atoms with Crippen LogP contribution in [0.2, 0.25) is 0 Å². The molecule has 0 aliphatic heterocycles. The predicted molar refractivity (Wildman–Crippen MR) is 83.3 cm³/mol. The molecule has 0 fully saturated rings. The van der Waals surface area contributed by atoms with Gasteiger partial charge >= 0.3 is 0 Å². The molecule has 0 aliphatic rings. The van der Waals surface area contributed by atoms with Crippen LogP contribution in [0, 0.1) is 0 Å². The fraction of sp³-hybridized carbons (Fsp3) is 0.222. The van der Waals surface area contributed by atoms with Gasteiger partial charge in [0.2, 0.25) is 5.91 Å². The van der Waals surface area contributed by atoms with Gasteiger partial charge in [-0.25, -0.2) is 0 Å². The molecule has 21 heavy (non-hydrogen) atoms. The van der Waals surface area contributed by atoms with Gasteiger partial charge in [-0.15, -0.1) is 0 Å². The number of nitrogens with one attached hydrogen (secondary N) is 1. The molecule has 2 aromatic rings. The number of amides is 1. The average molecular weight is 281 g/mol. The van der Waals surface area contributed by atoms with Crippen LogP contribution in [0.4, 0.5) is 0 Å². The summed E-state index contributed by atoms with van der Waals surface area (Å²) < 4.78 is 0. The Labute approximate surface area is 125 Å². The number of benzene rings is 2. The van der Waals surface area contributed by atoms with Gasteiger partial charge in [-0.1, -0.05) is 60.7 Å². The maximum absolute atomic E-state index is 12.4. The standard InChI is InChI=1S/C18H19NO2/c1-14(20)19-13-17(15-8-4-2-5-9-15)12-18(21)16-10-6-3-7-11-16/h2-11,17H,12-13H2,1H3,(H,19,20). The van der Waals surface area contributed by atoms with Gasteiger partial charge in [0.05, 0.1) is 0 Å². The van der Waals surface area contributed by atoms with E-state index in [0.717, 1.165) is 5.56 Å². The molecule has 0 saturated carbocycles. The van der Waals surface area contributed by atoms with E-state index in [-0.39, 0.29) is 17.6 Å². The first kappa shape index (κ1) is 15.0. The molecule has 0 aliphatic carbocycles. The van der Waals surface area contributed by atoms with Crippen molar-refractivity contribution in [3.63, 3.8) is 0 Å². The Kier molecular flexibility index (Phi) is 5.27. The van der Waals surface area contributed by atoms with E-state index >= 15 is 0 Å². The molecule has 0 bridgehead atoms. The van der Waals surface area contributed by atoms with Gasteiger partial charge in [-0.2, -0.15) is 0 Å². The molecule has 0 aromatic heterocycles. The molecule has 1 amide bonds. The van der Waals surface area contributed by atoms with E-state index in [1.807, 2.05) is 60.7 Å². The van der Waals surface area contributed by atoms with Crippen molar-refractivity contribution in [3.8, 4) is 0 Å². The van der Waals surface area contributed by atoms with Crippen LogP contribution >= 0.6 is 0 Å². The second kappa shape index (κ2) is 7.39. The number of Topliss-reactive ketones (excluding diaryl/α,β-unsaturated/α-hetero) is 1. The van der Waals surface area contributed by atoms with Crippen molar-refractivity contribution in [2.24, 2.45) is 0 Å². The van der Waals surface area contributed by atoms with E-state index < -0.39 is 0 Å². The summed E-state index contributed by atoms with van der Waals surface area (Å²) in [7, 11) is 0. The van der Waals surface area contributed by atoms with Crippen molar-refractivity contribution in [1.82, 2.24) is 5.32 Å². The Bertz CT molecular complexity index is 593. The van der Waals surface area contributed by atoms with Crippen molar-refractivity contribution in [2.75, 3.05) is 6.54 Å². The zero-order valence-electron chi connectivity index (χ0n) is 12.1. The second-order valence-electron chi connectivity index (χ2n) is 5.04. The summed E-state index contributed by atoms with van der Waals surface area (Å²) in [6.45, 7) is 1.96. The summed E-state index contributed by atoms with van der Waals surface area (Å²) in [6, 6.07) is 19.1. The lowest BCUT2D eigenvalue weighted by Gasteiger charge is -2.17. The maximum Gasteiger partial charge on any atom is 0.216 e. The highest BCUT2D eigenvalue weighted by molar-refractivity contribution is 5.96. The van der Waals surface area contributed by atoms with Gasteiger partial charge < -0.3 is 5.32 Å². The molecule has 1 unspecified atom stereocenters. The molecule has 108 valence electrons. The number of carbonyl (C=O) groups is 2. The second-order valence-corrected chi connectivity index (χ2v) is 5.04. The van der Waals surface area contributed by atoms with E-state index in [2.05, 4.69) is 5.32 Å². The van der Waals surface area contributed by atoms with Gasteiger partial charge in [0.1, 0.15) is 0 Å². The molecule has 2 rings (SSSR count). The zero-order chi connectivity index (χ0) is 15.1. The highest BCUT2D eigenvalue weighted by atomic mass is 16.1. The first-order valence-corrected chi connectivity index (χ1v) is 7.04. The molecule has 1 N–H and O–H groups in total. The Hall–Kier alpha value is -2.42. The minimum atomic E-state index is -0.0805. The van der Waals surface area contributed by atoms with Gasteiger partial charge in [0, 0.05) is 31.4 Å². The summed E-state index contributed by atoms with van der Waals surface area (Å²) in [5.74, 6) is 0.000650.